The highest BCUT2D eigenvalue weighted by molar-refractivity contribution is 9.10. The summed E-state index contributed by atoms with van der Waals surface area (Å²) in [6.45, 7) is 0.444. The lowest BCUT2D eigenvalue weighted by atomic mass is 10.2. The largest absolute Gasteiger partial charge is 0.507 e. The maximum Gasteiger partial charge on any atom is 0.124 e. The van der Waals surface area contributed by atoms with Crippen LogP contribution in [0.3, 0.4) is 0 Å². The monoisotopic (exact) mass is 291 g/mol. The molecule has 1 aromatic heterocycles. The zero-order valence-corrected chi connectivity index (χ0v) is 10.5. The van der Waals surface area contributed by atoms with Crippen LogP contribution in [-0.2, 0) is 6.54 Å². The van der Waals surface area contributed by atoms with Gasteiger partial charge in [-0.1, -0.05) is 15.9 Å². The summed E-state index contributed by atoms with van der Waals surface area (Å²) >= 11 is 3.34. The lowest BCUT2D eigenvalue weighted by molar-refractivity contribution is 0.474. The van der Waals surface area contributed by atoms with Gasteiger partial charge >= 0.3 is 0 Å². The van der Waals surface area contributed by atoms with Gasteiger partial charge in [-0.05, 0) is 18.2 Å². The first-order valence-corrected chi connectivity index (χ1v) is 5.78. The van der Waals surface area contributed by atoms with Crippen LogP contribution in [-0.4, -0.2) is 21.3 Å². The molecule has 0 amide bonds. The van der Waals surface area contributed by atoms with E-state index < -0.39 is 0 Å². The summed E-state index contributed by atoms with van der Waals surface area (Å²) in [6, 6.07) is 5.19. The van der Waals surface area contributed by atoms with Gasteiger partial charge in [-0.3, -0.25) is 15.0 Å². The fraction of sp³-hybridized carbons (Fsp3) is 0.0833. The molecule has 0 aliphatic heterocycles. The van der Waals surface area contributed by atoms with Crippen LogP contribution in [0.1, 0.15) is 11.3 Å². The number of hydrogen-bond acceptors (Lipinski definition) is 4. The second-order valence-electron chi connectivity index (χ2n) is 3.37. The van der Waals surface area contributed by atoms with Gasteiger partial charge in [0, 0.05) is 28.6 Å². The molecule has 0 bridgehead atoms. The van der Waals surface area contributed by atoms with Crippen molar-refractivity contribution in [3.63, 3.8) is 0 Å². The first-order valence-electron chi connectivity index (χ1n) is 4.99. The van der Waals surface area contributed by atoms with Crippen LogP contribution in [0.5, 0.6) is 5.75 Å². The quantitative estimate of drug-likeness (QED) is 0.884. The predicted octanol–water partition coefficient (Wildman–Crippen LogP) is 2.56. The molecule has 0 spiro atoms. The second kappa shape index (κ2) is 5.54. The molecular weight excluding hydrogens is 282 g/mol. The molecule has 0 saturated carbocycles. The van der Waals surface area contributed by atoms with Crippen LogP contribution in [0.15, 0.2) is 46.3 Å². The summed E-state index contributed by atoms with van der Waals surface area (Å²) in [7, 11) is 0. The molecule has 0 aliphatic rings. The fourth-order valence-corrected chi connectivity index (χ4v) is 1.66. The number of phenols is 1. The van der Waals surface area contributed by atoms with Gasteiger partial charge in [-0.2, -0.15) is 0 Å². The van der Waals surface area contributed by atoms with Gasteiger partial charge in [0.05, 0.1) is 18.4 Å². The van der Waals surface area contributed by atoms with E-state index in [4.69, 9.17) is 0 Å². The Balaban J connectivity index is 2.08. The lowest BCUT2D eigenvalue weighted by Crippen LogP contribution is -1.89. The molecule has 0 atom stereocenters. The number of benzene rings is 1. The van der Waals surface area contributed by atoms with Crippen molar-refractivity contribution in [3.05, 3.63) is 52.5 Å². The first kappa shape index (κ1) is 11.7. The van der Waals surface area contributed by atoms with E-state index in [2.05, 4.69) is 30.9 Å². The third kappa shape index (κ3) is 3.35. The van der Waals surface area contributed by atoms with Crippen LogP contribution in [0.4, 0.5) is 0 Å². The van der Waals surface area contributed by atoms with Gasteiger partial charge in [0.2, 0.25) is 0 Å². The van der Waals surface area contributed by atoms with E-state index in [-0.39, 0.29) is 5.75 Å². The van der Waals surface area contributed by atoms with E-state index in [0.717, 1.165) is 10.2 Å². The molecule has 17 heavy (non-hydrogen) atoms. The summed E-state index contributed by atoms with van der Waals surface area (Å²) in [4.78, 5) is 12.3. The smallest absolute Gasteiger partial charge is 0.124 e. The highest BCUT2D eigenvalue weighted by atomic mass is 79.9. The van der Waals surface area contributed by atoms with Crippen LogP contribution in [0, 0.1) is 0 Å². The Morgan fingerprint density at radius 1 is 1.35 bits per heavy atom. The van der Waals surface area contributed by atoms with Gasteiger partial charge < -0.3 is 5.11 Å². The van der Waals surface area contributed by atoms with E-state index in [1.807, 2.05) is 0 Å². The molecule has 1 heterocycles. The molecule has 0 unspecified atom stereocenters. The zero-order valence-electron chi connectivity index (χ0n) is 8.92. The van der Waals surface area contributed by atoms with Gasteiger partial charge in [-0.15, -0.1) is 0 Å². The molecule has 1 N–H and O–H groups in total. The summed E-state index contributed by atoms with van der Waals surface area (Å²) in [5, 5.41) is 9.59. The van der Waals surface area contributed by atoms with Gasteiger partial charge in [0.25, 0.3) is 0 Å². The lowest BCUT2D eigenvalue weighted by Gasteiger charge is -1.99. The van der Waals surface area contributed by atoms with Crippen LogP contribution in [0.2, 0.25) is 0 Å². The van der Waals surface area contributed by atoms with Crippen molar-refractivity contribution in [1.82, 2.24) is 9.97 Å². The SMILES string of the molecule is Oc1ccc(Br)cc1C=NCc1cnccn1. The van der Waals surface area contributed by atoms with E-state index in [0.29, 0.717) is 12.1 Å². The van der Waals surface area contributed by atoms with Crippen molar-refractivity contribution in [1.29, 1.82) is 0 Å². The number of aromatic nitrogens is 2. The molecule has 1 aromatic carbocycles. The number of phenolic OH excluding ortho intramolecular Hbond substituents is 1. The highest BCUT2D eigenvalue weighted by Crippen LogP contribution is 2.20. The van der Waals surface area contributed by atoms with E-state index >= 15 is 0 Å². The maximum atomic E-state index is 9.59. The van der Waals surface area contributed by atoms with Crippen molar-refractivity contribution in [2.24, 2.45) is 4.99 Å². The third-order valence-electron chi connectivity index (χ3n) is 2.09. The van der Waals surface area contributed by atoms with E-state index in [9.17, 15) is 5.11 Å². The highest BCUT2D eigenvalue weighted by Gasteiger charge is 1.98. The van der Waals surface area contributed by atoms with E-state index in [1.54, 1.807) is 43.0 Å². The number of aromatic hydroxyl groups is 1. The molecule has 0 radical (unpaired) electrons. The Labute approximate surface area is 107 Å². The molecule has 0 saturated heterocycles. The average Bonchev–Trinajstić information content (AvgIpc) is 2.35. The number of hydrogen-bond donors (Lipinski definition) is 1. The standard InChI is InChI=1S/C12H10BrN3O/c13-10-1-2-12(17)9(5-10)6-15-8-11-7-14-3-4-16-11/h1-7,17H,8H2. The van der Waals surface area contributed by atoms with Crippen molar-refractivity contribution >= 4 is 22.1 Å². The number of nitrogens with zero attached hydrogens (tertiary/aromatic N) is 3. The number of halogens is 1. The summed E-state index contributed by atoms with van der Waals surface area (Å²) in [5.74, 6) is 0.205. The second-order valence-corrected chi connectivity index (χ2v) is 4.29. The van der Waals surface area contributed by atoms with Crippen molar-refractivity contribution in [2.45, 2.75) is 6.54 Å². The summed E-state index contributed by atoms with van der Waals surface area (Å²) in [6.07, 6.45) is 6.53. The van der Waals surface area contributed by atoms with Crippen LogP contribution < -0.4 is 0 Å². The molecule has 86 valence electrons. The molecule has 4 nitrogen and oxygen atoms in total. The normalized spacial score (nSPS) is 10.9. The fourth-order valence-electron chi connectivity index (χ4n) is 1.28. The molecule has 2 aromatic rings. The predicted molar refractivity (Wildman–Crippen MR) is 69.1 cm³/mol. The minimum atomic E-state index is 0.205. The van der Waals surface area contributed by atoms with Crippen molar-refractivity contribution < 1.29 is 5.11 Å². The molecule has 0 fully saturated rings. The molecule has 5 heteroatoms. The molecular formula is C12H10BrN3O. The van der Waals surface area contributed by atoms with Crippen LogP contribution in [0.25, 0.3) is 0 Å². The van der Waals surface area contributed by atoms with Gasteiger partial charge in [-0.25, -0.2) is 0 Å². The maximum absolute atomic E-state index is 9.59. The van der Waals surface area contributed by atoms with Crippen molar-refractivity contribution in [3.8, 4) is 5.75 Å². The number of rotatable bonds is 3. The van der Waals surface area contributed by atoms with Gasteiger partial charge in [0.15, 0.2) is 0 Å². The molecule has 0 aliphatic carbocycles. The van der Waals surface area contributed by atoms with Crippen molar-refractivity contribution in [2.75, 3.05) is 0 Å². The summed E-state index contributed by atoms with van der Waals surface area (Å²) < 4.78 is 0.899. The van der Waals surface area contributed by atoms with Gasteiger partial charge in [0.1, 0.15) is 5.75 Å². The Morgan fingerprint density at radius 2 is 2.24 bits per heavy atom. The number of aliphatic imine (C=N–C) groups is 1. The average molecular weight is 292 g/mol. The van der Waals surface area contributed by atoms with Crippen LogP contribution >= 0.6 is 15.9 Å². The van der Waals surface area contributed by atoms with E-state index in [1.165, 1.54) is 0 Å². The molecule has 2 rings (SSSR count). The minimum absolute atomic E-state index is 0.205. The first-order chi connectivity index (χ1) is 8.25. The Hall–Kier alpha value is -1.75. The Bertz CT molecular complexity index is 529. The Morgan fingerprint density at radius 3 is 3.00 bits per heavy atom. The topological polar surface area (TPSA) is 58.4 Å². The third-order valence-corrected chi connectivity index (χ3v) is 2.58. The Kier molecular flexibility index (Phi) is 3.82. The zero-order chi connectivity index (χ0) is 12.1. The summed E-state index contributed by atoms with van der Waals surface area (Å²) in [5.41, 5.74) is 1.46. The minimum Gasteiger partial charge on any atom is -0.507 e.